The Morgan fingerprint density at radius 1 is 1.17 bits per heavy atom. The summed E-state index contributed by atoms with van der Waals surface area (Å²) in [6.45, 7) is 7.27. The number of carbonyl (C=O) groups is 3. The average Bonchev–Trinajstić information content (AvgIpc) is 3.52. The number of aryl methyl sites for hydroxylation is 2. The van der Waals surface area contributed by atoms with Crippen molar-refractivity contribution in [2.24, 2.45) is 7.05 Å². The van der Waals surface area contributed by atoms with E-state index in [4.69, 9.17) is 4.74 Å². The zero-order valence-electron chi connectivity index (χ0n) is 20.2. The zero-order chi connectivity index (χ0) is 25.8. The van der Waals surface area contributed by atoms with E-state index in [9.17, 15) is 14.4 Å². The Bertz CT molecular complexity index is 1310. The molecule has 1 fully saturated rings. The maximum Gasteiger partial charge on any atom is 0.260 e. The van der Waals surface area contributed by atoms with Crippen LogP contribution < -0.4 is 10.1 Å². The van der Waals surface area contributed by atoms with Crippen LogP contribution in [0.15, 0.2) is 52.5 Å². The molecular formula is C24H26N6O4S2. The molecule has 0 bridgehead atoms. The van der Waals surface area contributed by atoms with E-state index < -0.39 is 0 Å². The van der Waals surface area contributed by atoms with Crippen LogP contribution in [0.4, 0.5) is 5.13 Å². The summed E-state index contributed by atoms with van der Waals surface area (Å²) in [4.78, 5) is 46.2. The Labute approximate surface area is 216 Å². The third-order valence-electron chi connectivity index (χ3n) is 5.66. The number of nitrogens with zero attached hydrogens (tertiary/aromatic N) is 5. The topological polar surface area (TPSA) is 110 Å². The summed E-state index contributed by atoms with van der Waals surface area (Å²) in [7, 11) is 3.29. The fraction of sp³-hybridized carbons (Fsp3) is 0.292. The van der Waals surface area contributed by atoms with Crippen LogP contribution in [0.5, 0.6) is 5.75 Å². The summed E-state index contributed by atoms with van der Waals surface area (Å²) in [5.74, 6) is -0.0556. The van der Waals surface area contributed by atoms with Gasteiger partial charge in [0.2, 0.25) is 5.91 Å². The van der Waals surface area contributed by atoms with Crippen LogP contribution in [0, 0.1) is 6.92 Å². The van der Waals surface area contributed by atoms with Gasteiger partial charge in [0.1, 0.15) is 5.75 Å². The number of benzene rings is 1. The molecule has 2 aromatic heterocycles. The summed E-state index contributed by atoms with van der Waals surface area (Å²) in [6, 6.07) is 3.68. The minimum absolute atomic E-state index is 0.130. The van der Waals surface area contributed by atoms with E-state index in [0.29, 0.717) is 48.2 Å². The molecule has 1 saturated heterocycles. The molecule has 1 aliphatic heterocycles. The van der Waals surface area contributed by atoms with E-state index in [0.717, 1.165) is 14.7 Å². The summed E-state index contributed by atoms with van der Waals surface area (Å²) < 4.78 is 7.93. The largest absolute Gasteiger partial charge is 0.496 e. The van der Waals surface area contributed by atoms with Crippen molar-refractivity contribution in [1.29, 1.82) is 0 Å². The number of thiazole rings is 1. The first-order valence-electron chi connectivity index (χ1n) is 11.1. The molecule has 1 aromatic carbocycles. The van der Waals surface area contributed by atoms with Gasteiger partial charge in [-0.2, -0.15) is 5.10 Å². The lowest BCUT2D eigenvalue weighted by molar-refractivity contribution is -0.127. The van der Waals surface area contributed by atoms with Gasteiger partial charge in [0, 0.05) is 44.3 Å². The van der Waals surface area contributed by atoms with E-state index in [1.165, 1.54) is 35.4 Å². The molecule has 3 heterocycles. The van der Waals surface area contributed by atoms with Gasteiger partial charge in [0.05, 0.1) is 34.8 Å². The van der Waals surface area contributed by atoms with Crippen molar-refractivity contribution in [1.82, 2.24) is 24.6 Å². The van der Waals surface area contributed by atoms with E-state index in [1.807, 2.05) is 19.1 Å². The average molecular weight is 527 g/mol. The fourth-order valence-corrected chi connectivity index (χ4v) is 5.65. The first kappa shape index (κ1) is 25.5. The lowest BCUT2D eigenvalue weighted by Gasteiger charge is -2.34. The third kappa shape index (κ3) is 5.60. The number of piperazine rings is 1. The van der Waals surface area contributed by atoms with Gasteiger partial charge in [-0.1, -0.05) is 29.7 Å². The van der Waals surface area contributed by atoms with Crippen molar-refractivity contribution in [3.63, 3.8) is 0 Å². The highest BCUT2D eigenvalue weighted by Gasteiger charge is 2.26. The van der Waals surface area contributed by atoms with Crippen LogP contribution in [0.2, 0.25) is 0 Å². The molecular weight excluding hydrogens is 500 g/mol. The van der Waals surface area contributed by atoms with Crippen molar-refractivity contribution in [3.8, 4) is 5.75 Å². The molecule has 0 spiro atoms. The Morgan fingerprint density at radius 2 is 1.89 bits per heavy atom. The summed E-state index contributed by atoms with van der Waals surface area (Å²) in [5.41, 5.74) is 1.86. The molecule has 188 valence electrons. The SMILES string of the molecule is C=CC(=O)N1CCN(C(=O)c2cc(Sc3cnc(NC(=O)c4cnn(C)c4)s3)c(C)cc2OC)CC1. The monoisotopic (exact) mass is 526 g/mol. The molecule has 0 unspecified atom stereocenters. The Hall–Kier alpha value is -3.64. The van der Waals surface area contributed by atoms with Crippen molar-refractivity contribution in [2.75, 3.05) is 38.6 Å². The number of hydrogen-bond donors (Lipinski definition) is 1. The van der Waals surface area contributed by atoms with Gasteiger partial charge in [0.15, 0.2) is 5.13 Å². The molecule has 0 saturated carbocycles. The van der Waals surface area contributed by atoms with E-state index in [1.54, 1.807) is 41.0 Å². The molecule has 0 atom stereocenters. The van der Waals surface area contributed by atoms with E-state index in [2.05, 4.69) is 22.0 Å². The molecule has 1 aliphatic rings. The Balaban J connectivity index is 1.48. The van der Waals surface area contributed by atoms with Crippen LogP contribution in [-0.4, -0.2) is 75.6 Å². The maximum absolute atomic E-state index is 13.4. The molecule has 12 heteroatoms. The third-order valence-corrected chi connectivity index (χ3v) is 7.84. The Kier molecular flexibility index (Phi) is 7.75. The number of amides is 3. The number of hydrogen-bond acceptors (Lipinski definition) is 8. The van der Waals surface area contributed by atoms with Crippen molar-refractivity contribution in [3.05, 3.63) is 60.1 Å². The standard InChI is InChI=1S/C24H26N6O4S2/c1-5-20(31)29-6-8-30(9-7-29)23(33)17-11-19(15(2)10-18(17)34-4)35-21-13-25-24(36-21)27-22(32)16-12-26-28(3)14-16/h5,10-14H,1,6-9H2,2-4H3,(H,25,27,32). The van der Waals surface area contributed by atoms with Gasteiger partial charge in [-0.05, 0) is 30.7 Å². The second-order valence-electron chi connectivity index (χ2n) is 8.08. The molecule has 4 rings (SSSR count). The first-order chi connectivity index (χ1) is 17.3. The van der Waals surface area contributed by atoms with Gasteiger partial charge >= 0.3 is 0 Å². The van der Waals surface area contributed by atoms with Gasteiger partial charge in [-0.3, -0.25) is 24.4 Å². The van der Waals surface area contributed by atoms with Gasteiger partial charge in [-0.15, -0.1) is 0 Å². The smallest absolute Gasteiger partial charge is 0.260 e. The number of aromatic nitrogens is 3. The lowest BCUT2D eigenvalue weighted by atomic mass is 10.1. The van der Waals surface area contributed by atoms with Crippen molar-refractivity contribution in [2.45, 2.75) is 16.0 Å². The summed E-state index contributed by atoms with van der Waals surface area (Å²) >= 11 is 2.81. The number of nitrogens with one attached hydrogen (secondary N) is 1. The quantitative estimate of drug-likeness (QED) is 0.471. The fourth-order valence-electron chi connectivity index (χ4n) is 3.72. The van der Waals surface area contributed by atoms with E-state index in [-0.39, 0.29) is 17.7 Å². The maximum atomic E-state index is 13.4. The number of methoxy groups -OCH3 is 1. The number of carbonyl (C=O) groups excluding carboxylic acids is 3. The van der Waals surface area contributed by atoms with Crippen LogP contribution in [0.25, 0.3) is 0 Å². The predicted molar refractivity (Wildman–Crippen MR) is 138 cm³/mol. The lowest BCUT2D eigenvalue weighted by Crippen LogP contribution is -2.50. The zero-order valence-corrected chi connectivity index (χ0v) is 21.8. The highest BCUT2D eigenvalue weighted by Crippen LogP contribution is 2.38. The Morgan fingerprint density at radius 3 is 2.53 bits per heavy atom. The molecule has 0 aliphatic carbocycles. The number of ether oxygens (including phenoxy) is 1. The molecule has 1 N–H and O–H groups in total. The predicted octanol–water partition coefficient (Wildman–Crippen LogP) is 3.07. The molecule has 36 heavy (non-hydrogen) atoms. The molecule has 3 amide bonds. The number of rotatable bonds is 7. The highest BCUT2D eigenvalue weighted by molar-refractivity contribution is 8.01. The molecule has 10 nitrogen and oxygen atoms in total. The van der Waals surface area contributed by atoms with Crippen molar-refractivity contribution >= 4 is 46.0 Å². The highest BCUT2D eigenvalue weighted by atomic mass is 32.2. The van der Waals surface area contributed by atoms with Crippen LogP contribution in [0.1, 0.15) is 26.3 Å². The normalized spacial score (nSPS) is 13.4. The minimum atomic E-state index is -0.280. The second kappa shape index (κ2) is 11.0. The number of anilines is 1. The van der Waals surface area contributed by atoms with E-state index >= 15 is 0 Å². The van der Waals surface area contributed by atoms with Gasteiger partial charge in [0.25, 0.3) is 11.8 Å². The second-order valence-corrected chi connectivity index (χ2v) is 10.5. The summed E-state index contributed by atoms with van der Waals surface area (Å²) in [5, 5.41) is 7.27. The van der Waals surface area contributed by atoms with Crippen LogP contribution >= 0.6 is 23.1 Å². The molecule has 0 radical (unpaired) electrons. The van der Waals surface area contributed by atoms with Crippen LogP contribution in [-0.2, 0) is 11.8 Å². The summed E-state index contributed by atoms with van der Waals surface area (Å²) in [6.07, 6.45) is 6.11. The first-order valence-corrected chi connectivity index (χ1v) is 12.7. The van der Waals surface area contributed by atoms with Crippen molar-refractivity contribution < 1.29 is 19.1 Å². The molecule has 3 aromatic rings. The van der Waals surface area contributed by atoms with Gasteiger partial charge < -0.3 is 14.5 Å². The van der Waals surface area contributed by atoms with Gasteiger partial charge in [-0.25, -0.2) is 4.98 Å². The van der Waals surface area contributed by atoms with Crippen LogP contribution in [0.3, 0.4) is 0 Å². The minimum Gasteiger partial charge on any atom is -0.496 e.